The molecule has 2 N–H and O–H groups in total. The molecule has 2 rings (SSSR count). The smallest absolute Gasteiger partial charge is 0.398 e. The fourth-order valence-corrected chi connectivity index (χ4v) is 2.11. The summed E-state index contributed by atoms with van der Waals surface area (Å²) in [6, 6.07) is 15.0. The number of nitrogen functional groups attached to an aromatic ring is 1. The summed E-state index contributed by atoms with van der Waals surface area (Å²) in [5.74, 6) is 0. The number of rotatable bonds is 5. The number of anilines is 1. The summed E-state index contributed by atoms with van der Waals surface area (Å²) < 4.78 is 10.3. The van der Waals surface area contributed by atoms with Gasteiger partial charge in [-0.1, -0.05) is 41.9 Å². The van der Waals surface area contributed by atoms with E-state index in [1.807, 2.05) is 30.3 Å². The van der Waals surface area contributed by atoms with Crippen LogP contribution in [0.3, 0.4) is 0 Å². The second kappa shape index (κ2) is 7.27. The Morgan fingerprint density at radius 1 is 1.10 bits per heavy atom. The Bertz CT molecular complexity index is 631. The van der Waals surface area contributed by atoms with Crippen LogP contribution in [-0.2, 0) is 9.31 Å². The highest BCUT2D eigenvalue weighted by molar-refractivity contribution is 6.46. The van der Waals surface area contributed by atoms with Gasteiger partial charge in [0.15, 0.2) is 0 Å². The Labute approximate surface area is 129 Å². The average molecular weight is 303 g/mol. The summed E-state index contributed by atoms with van der Waals surface area (Å²) in [7, 11) is 2.35. The predicted octanol–water partition coefficient (Wildman–Crippen LogP) is 3.04. The average Bonchev–Trinajstić information content (AvgIpc) is 2.52. The van der Waals surface area contributed by atoms with E-state index in [1.54, 1.807) is 18.2 Å². The molecule has 0 heterocycles. The maximum atomic E-state index is 6.08. The van der Waals surface area contributed by atoms with Crippen molar-refractivity contribution in [3.8, 4) is 0 Å². The number of nitrogens with two attached hydrogens (primary N) is 1. The topological polar surface area (TPSA) is 56.8 Å². The van der Waals surface area contributed by atoms with Crippen LogP contribution in [-0.4, -0.2) is 27.2 Å². The highest BCUT2D eigenvalue weighted by Gasteiger charge is 2.19. The van der Waals surface area contributed by atoms with Gasteiger partial charge in [0.2, 0.25) is 0 Å². The van der Waals surface area contributed by atoms with Crippen molar-refractivity contribution in [2.24, 2.45) is 4.90 Å². The van der Waals surface area contributed by atoms with Gasteiger partial charge in [-0.25, -0.2) is 0 Å². The molecule has 0 atom stereocenters. The minimum absolute atomic E-state index is 0.591. The van der Waals surface area contributed by atoms with Gasteiger partial charge >= 0.3 is 7.25 Å². The van der Waals surface area contributed by atoms with Gasteiger partial charge < -0.3 is 15.0 Å². The Kier molecular flexibility index (Phi) is 5.39. The standard InChI is InChI=1S/C15H16BClN2O2/c1-20-16(21-2)19-15(11-6-4-3-5-7-11)13-10-12(17)8-9-14(13)18/h3-10H,18H2,1-2H3. The molecule has 0 aliphatic rings. The minimum Gasteiger partial charge on any atom is -0.398 e. The number of halogens is 1. The normalized spacial score (nSPS) is 11.5. The van der Waals surface area contributed by atoms with E-state index in [-0.39, 0.29) is 0 Å². The number of hydrogen-bond acceptors (Lipinski definition) is 4. The first kappa shape index (κ1) is 15.6. The second-order valence-corrected chi connectivity index (χ2v) is 4.79. The molecule has 0 amide bonds. The van der Waals surface area contributed by atoms with Crippen molar-refractivity contribution in [1.29, 1.82) is 0 Å². The van der Waals surface area contributed by atoms with Crippen LogP contribution in [0.25, 0.3) is 0 Å². The Balaban J connectivity index is 2.58. The van der Waals surface area contributed by atoms with Gasteiger partial charge in [-0.15, -0.1) is 0 Å². The van der Waals surface area contributed by atoms with E-state index in [2.05, 4.69) is 4.90 Å². The molecule has 0 saturated heterocycles. The van der Waals surface area contributed by atoms with Crippen LogP contribution in [0.1, 0.15) is 11.1 Å². The third kappa shape index (κ3) is 3.85. The van der Waals surface area contributed by atoms with Gasteiger partial charge in [0, 0.05) is 30.5 Å². The van der Waals surface area contributed by atoms with Crippen molar-refractivity contribution in [3.63, 3.8) is 0 Å². The maximum Gasteiger partial charge on any atom is 0.612 e. The van der Waals surface area contributed by atoms with Crippen molar-refractivity contribution in [3.05, 3.63) is 64.7 Å². The van der Waals surface area contributed by atoms with Crippen molar-refractivity contribution in [1.82, 2.24) is 0 Å². The van der Waals surface area contributed by atoms with Crippen molar-refractivity contribution in [2.75, 3.05) is 20.0 Å². The molecule has 21 heavy (non-hydrogen) atoms. The molecule has 6 heteroatoms. The van der Waals surface area contributed by atoms with Crippen molar-refractivity contribution in [2.45, 2.75) is 0 Å². The molecule has 0 aromatic heterocycles. The fraction of sp³-hybridized carbons (Fsp3) is 0.133. The zero-order valence-electron chi connectivity index (χ0n) is 11.9. The first-order chi connectivity index (χ1) is 10.2. The SMILES string of the molecule is COB(N=C(c1ccccc1)c1cc(Cl)ccc1N)OC. The molecular formula is C15H16BClN2O2. The molecule has 0 unspecified atom stereocenters. The molecule has 4 nitrogen and oxygen atoms in total. The summed E-state index contributed by atoms with van der Waals surface area (Å²) in [5, 5.41) is 0.592. The molecule has 0 spiro atoms. The summed E-state index contributed by atoms with van der Waals surface area (Å²) in [4.78, 5) is 4.49. The van der Waals surface area contributed by atoms with E-state index in [4.69, 9.17) is 26.6 Å². The van der Waals surface area contributed by atoms with E-state index < -0.39 is 7.25 Å². The highest BCUT2D eigenvalue weighted by atomic mass is 35.5. The van der Waals surface area contributed by atoms with Gasteiger partial charge in [-0.3, -0.25) is 4.90 Å². The van der Waals surface area contributed by atoms with Crippen molar-refractivity contribution >= 4 is 30.3 Å². The first-order valence-corrected chi connectivity index (χ1v) is 6.77. The van der Waals surface area contributed by atoms with Crippen LogP contribution in [0.4, 0.5) is 5.69 Å². The molecule has 2 aromatic rings. The van der Waals surface area contributed by atoms with Gasteiger partial charge in [0.1, 0.15) is 0 Å². The Morgan fingerprint density at radius 2 is 1.76 bits per heavy atom. The lowest BCUT2D eigenvalue weighted by Crippen LogP contribution is -2.20. The molecule has 0 aliphatic carbocycles. The molecule has 108 valence electrons. The molecular weight excluding hydrogens is 286 g/mol. The fourth-order valence-electron chi connectivity index (χ4n) is 1.94. The third-order valence-corrected chi connectivity index (χ3v) is 3.19. The molecule has 0 fully saturated rings. The van der Waals surface area contributed by atoms with Crippen LogP contribution in [0.2, 0.25) is 5.02 Å². The zero-order valence-corrected chi connectivity index (χ0v) is 12.7. The minimum atomic E-state index is -0.710. The summed E-state index contributed by atoms with van der Waals surface area (Å²) in [6.07, 6.45) is 0. The zero-order chi connectivity index (χ0) is 15.2. The molecule has 0 saturated carbocycles. The predicted molar refractivity (Wildman–Crippen MR) is 87.7 cm³/mol. The lowest BCUT2D eigenvalue weighted by molar-refractivity contribution is 0.280. The maximum absolute atomic E-state index is 6.08. The highest BCUT2D eigenvalue weighted by Crippen LogP contribution is 2.22. The number of nitrogens with zero attached hydrogens (tertiary/aromatic N) is 1. The van der Waals surface area contributed by atoms with Gasteiger partial charge in [-0.2, -0.15) is 0 Å². The van der Waals surface area contributed by atoms with Crippen LogP contribution < -0.4 is 5.73 Å². The van der Waals surface area contributed by atoms with E-state index in [1.165, 1.54) is 14.2 Å². The summed E-state index contributed by atoms with van der Waals surface area (Å²) in [6.45, 7) is 0. The monoisotopic (exact) mass is 302 g/mol. The number of benzene rings is 2. The van der Waals surface area contributed by atoms with E-state index in [0.29, 0.717) is 16.4 Å². The number of hydrogen-bond donors (Lipinski definition) is 1. The quantitative estimate of drug-likeness (QED) is 0.525. The molecule has 0 radical (unpaired) electrons. The first-order valence-electron chi connectivity index (χ1n) is 6.40. The van der Waals surface area contributed by atoms with Crippen molar-refractivity contribution < 1.29 is 9.31 Å². The molecule has 0 bridgehead atoms. The van der Waals surface area contributed by atoms with Crippen LogP contribution in [0.5, 0.6) is 0 Å². The lowest BCUT2D eigenvalue weighted by Gasteiger charge is -2.12. The van der Waals surface area contributed by atoms with E-state index in [9.17, 15) is 0 Å². The van der Waals surface area contributed by atoms with E-state index in [0.717, 1.165) is 11.1 Å². The largest absolute Gasteiger partial charge is 0.612 e. The lowest BCUT2D eigenvalue weighted by atomic mass is 9.98. The summed E-state index contributed by atoms with van der Waals surface area (Å²) >= 11 is 6.08. The van der Waals surface area contributed by atoms with Crippen LogP contribution in [0.15, 0.2) is 53.4 Å². The Morgan fingerprint density at radius 3 is 2.38 bits per heavy atom. The van der Waals surface area contributed by atoms with E-state index >= 15 is 0 Å². The van der Waals surface area contributed by atoms with Crippen LogP contribution in [0, 0.1) is 0 Å². The second-order valence-electron chi connectivity index (χ2n) is 4.35. The van der Waals surface area contributed by atoms with Crippen LogP contribution >= 0.6 is 11.6 Å². The van der Waals surface area contributed by atoms with Gasteiger partial charge in [0.05, 0.1) is 5.71 Å². The Hall–Kier alpha value is -1.82. The third-order valence-electron chi connectivity index (χ3n) is 2.96. The molecule has 0 aliphatic heterocycles. The summed E-state index contributed by atoms with van der Waals surface area (Å²) in [5.41, 5.74) is 8.98. The molecule has 2 aromatic carbocycles. The van der Waals surface area contributed by atoms with Gasteiger partial charge in [-0.05, 0) is 23.8 Å². The van der Waals surface area contributed by atoms with Gasteiger partial charge in [0.25, 0.3) is 0 Å².